The van der Waals surface area contributed by atoms with Gasteiger partial charge in [0.2, 0.25) is 0 Å². The lowest BCUT2D eigenvalue weighted by atomic mass is 9.76. The Hall–Kier alpha value is -2.35. The summed E-state index contributed by atoms with van der Waals surface area (Å²) in [7, 11) is -0.424. The summed E-state index contributed by atoms with van der Waals surface area (Å²) >= 11 is 0. The fourth-order valence-corrected chi connectivity index (χ4v) is 5.77. The molecule has 7 heteroatoms. The standard InChI is InChI=1S/C28H36BNO5/c1-26(2)27(3,4)35-29(34-26)22-12-8-11-21(15-22)16-28(32)17-23-13-14-24(18-28)30(23)25(31)33-19-20-9-6-5-7-10-20/h5-12,15,23-24,32H,13-14,16-19H2,1-4H3. The van der Waals surface area contributed by atoms with Crippen molar-refractivity contribution in [3.8, 4) is 0 Å². The van der Waals surface area contributed by atoms with E-state index in [0.717, 1.165) is 29.4 Å². The minimum Gasteiger partial charge on any atom is -0.445 e. The van der Waals surface area contributed by atoms with E-state index in [2.05, 4.69) is 12.1 Å². The molecule has 6 nitrogen and oxygen atoms in total. The van der Waals surface area contributed by atoms with E-state index in [-0.39, 0.29) is 24.8 Å². The van der Waals surface area contributed by atoms with E-state index >= 15 is 0 Å². The van der Waals surface area contributed by atoms with Crippen molar-refractivity contribution in [2.24, 2.45) is 0 Å². The number of aliphatic hydroxyl groups is 1. The molecule has 3 aliphatic rings. The van der Waals surface area contributed by atoms with Crippen molar-refractivity contribution in [1.82, 2.24) is 4.90 Å². The van der Waals surface area contributed by atoms with Gasteiger partial charge in [-0.05, 0) is 70.0 Å². The van der Waals surface area contributed by atoms with Crippen molar-refractivity contribution in [1.29, 1.82) is 0 Å². The van der Waals surface area contributed by atoms with Crippen LogP contribution in [0.1, 0.15) is 64.5 Å². The van der Waals surface area contributed by atoms with Gasteiger partial charge in [0.15, 0.2) is 0 Å². The number of ether oxygens (including phenoxy) is 1. The molecular weight excluding hydrogens is 441 g/mol. The SMILES string of the molecule is CC1(C)OB(c2cccc(CC3(O)CC4CCC(C3)N4C(=O)OCc3ccccc3)c2)OC1(C)C. The Labute approximate surface area is 208 Å². The number of carbonyl (C=O) groups excluding carboxylic acids is 1. The Morgan fingerprint density at radius 3 is 2.20 bits per heavy atom. The summed E-state index contributed by atoms with van der Waals surface area (Å²) in [5.41, 5.74) is 1.36. The Morgan fingerprint density at radius 2 is 1.57 bits per heavy atom. The summed E-state index contributed by atoms with van der Waals surface area (Å²) in [6.45, 7) is 8.47. The van der Waals surface area contributed by atoms with Crippen LogP contribution in [-0.4, -0.2) is 52.1 Å². The maximum atomic E-state index is 12.9. The number of rotatable bonds is 5. The van der Waals surface area contributed by atoms with E-state index in [1.165, 1.54) is 0 Å². The molecule has 35 heavy (non-hydrogen) atoms. The zero-order chi connectivity index (χ0) is 24.8. The zero-order valence-corrected chi connectivity index (χ0v) is 21.2. The molecule has 0 saturated carbocycles. The Balaban J connectivity index is 1.23. The molecule has 3 heterocycles. The molecule has 186 valence electrons. The predicted octanol–water partition coefficient (Wildman–Crippen LogP) is 4.22. The first-order chi connectivity index (χ1) is 16.6. The summed E-state index contributed by atoms with van der Waals surface area (Å²) in [4.78, 5) is 14.8. The van der Waals surface area contributed by atoms with Crippen LogP contribution in [0.3, 0.4) is 0 Å². The Morgan fingerprint density at radius 1 is 0.971 bits per heavy atom. The number of fused-ring (bicyclic) bond motifs is 2. The lowest BCUT2D eigenvalue weighted by Gasteiger charge is -2.43. The quantitative estimate of drug-likeness (QED) is 0.654. The maximum absolute atomic E-state index is 12.9. The first-order valence-corrected chi connectivity index (χ1v) is 12.7. The number of hydrogen-bond acceptors (Lipinski definition) is 5. The highest BCUT2D eigenvalue weighted by molar-refractivity contribution is 6.62. The van der Waals surface area contributed by atoms with Gasteiger partial charge in [0.05, 0.1) is 16.8 Å². The molecule has 3 aliphatic heterocycles. The fraction of sp³-hybridized carbons (Fsp3) is 0.536. The summed E-state index contributed by atoms with van der Waals surface area (Å²) in [5.74, 6) is 0. The molecule has 3 saturated heterocycles. The average molecular weight is 477 g/mol. The second-order valence-electron chi connectivity index (χ2n) is 11.5. The first kappa shape index (κ1) is 24.4. The van der Waals surface area contributed by atoms with Crippen LogP contribution in [0.15, 0.2) is 54.6 Å². The van der Waals surface area contributed by atoms with Gasteiger partial charge < -0.3 is 24.1 Å². The van der Waals surface area contributed by atoms with Gasteiger partial charge >= 0.3 is 13.2 Å². The molecule has 0 aromatic heterocycles. The van der Waals surface area contributed by atoms with Gasteiger partial charge in [-0.3, -0.25) is 0 Å². The molecule has 2 bridgehead atoms. The van der Waals surface area contributed by atoms with E-state index in [1.807, 2.05) is 75.1 Å². The van der Waals surface area contributed by atoms with Crippen LogP contribution in [0.25, 0.3) is 0 Å². The molecule has 1 amide bonds. The number of benzene rings is 2. The molecule has 1 N–H and O–H groups in total. The van der Waals surface area contributed by atoms with E-state index in [1.54, 1.807) is 0 Å². The Bertz CT molecular complexity index is 1040. The second-order valence-corrected chi connectivity index (χ2v) is 11.5. The van der Waals surface area contributed by atoms with E-state index < -0.39 is 23.9 Å². The summed E-state index contributed by atoms with van der Waals surface area (Å²) in [6.07, 6.45) is 3.20. The van der Waals surface area contributed by atoms with Crippen molar-refractivity contribution in [2.45, 2.75) is 95.3 Å². The van der Waals surface area contributed by atoms with Crippen molar-refractivity contribution in [3.05, 3.63) is 65.7 Å². The number of carbonyl (C=O) groups is 1. The zero-order valence-electron chi connectivity index (χ0n) is 21.2. The van der Waals surface area contributed by atoms with Gasteiger partial charge in [-0.2, -0.15) is 0 Å². The van der Waals surface area contributed by atoms with Crippen LogP contribution in [0.4, 0.5) is 4.79 Å². The third-order valence-electron chi connectivity index (χ3n) is 8.28. The molecule has 0 spiro atoms. The molecule has 2 unspecified atom stereocenters. The second kappa shape index (κ2) is 8.95. The average Bonchev–Trinajstić information content (AvgIpc) is 3.21. The van der Waals surface area contributed by atoms with Gasteiger partial charge in [0, 0.05) is 18.5 Å². The van der Waals surface area contributed by atoms with Gasteiger partial charge in [-0.25, -0.2) is 4.79 Å². The molecule has 2 atom stereocenters. The normalized spacial score (nSPS) is 28.8. The van der Waals surface area contributed by atoms with Gasteiger partial charge in [-0.15, -0.1) is 0 Å². The van der Waals surface area contributed by atoms with Crippen molar-refractivity contribution in [3.63, 3.8) is 0 Å². The third-order valence-corrected chi connectivity index (χ3v) is 8.28. The number of hydrogen-bond donors (Lipinski definition) is 1. The van der Waals surface area contributed by atoms with Crippen LogP contribution < -0.4 is 5.46 Å². The summed E-state index contributed by atoms with van der Waals surface area (Å²) < 4.78 is 18.1. The predicted molar refractivity (Wildman–Crippen MR) is 135 cm³/mol. The van der Waals surface area contributed by atoms with E-state index in [9.17, 15) is 9.90 Å². The number of nitrogens with zero attached hydrogens (tertiary/aromatic N) is 1. The van der Waals surface area contributed by atoms with E-state index in [0.29, 0.717) is 19.3 Å². The smallest absolute Gasteiger partial charge is 0.445 e. The minimum atomic E-state index is -0.851. The largest absolute Gasteiger partial charge is 0.494 e. The summed E-state index contributed by atoms with van der Waals surface area (Å²) in [5, 5.41) is 11.6. The van der Waals surface area contributed by atoms with Crippen LogP contribution in [-0.2, 0) is 27.1 Å². The number of piperidine rings is 1. The lowest BCUT2D eigenvalue weighted by molar-refractivity contribution is -0.0485. The van der Waals surface area contributed by atoms with E-state index in [4.69, 9.17) is 14.0 Å². The maximum Gasteiger partial charge on any atom is 0.494 e. The molecular formula is C28H36BNO5. The topological polar surface area (TPSA) is 68.2 Å². The molecule has 2 aromatic carbocycles. The summed E-state index contributed by atoms with van der Waals surface area (Å²) in [6, 6.07) is 17.9. The van der Waals surface area contributed by atoms with Gasteiger partial charge in [-0.1, -0.05) is 54.6 Å². The highest BCUT2D eigenvalue weighted by Crippen LogP contribution is 2.43. The highest BCUT2D eigenvalue weighted by atomic mass is 16.7. The third kappa shape index (κ3) is 4.86. The van der Waals surface area contributed by atoms with Crippen LogP contribution in [0, 0.1) is 0 Å². The van der Waals surface area contributed by atoms with Crippen LogP contribution >= 0.6 is 0 Å². The fourth-order valence-electron chi connectivity index (χ4n) is 5.77. The van der Waals surface area contributed by atoms with Crippen molar-refractivity contribution >= 4 is 18.7 Å². The molecule has 3 fully saturated rings. The molecule has 0 aliphatic carbocycles. The van der Waals surface area contributed by atoms with Crippen LogP contribution in [0.5, 0.6) is 0 Å². The lowest BCUT2D eigenvalue weighted by Crippen LogP contribution is -2.54. The highest BCUT2D eigenvalue weighted by Gasteiger charge is 2.52. The first-order valence-electron chi connectivity index (χ1n) is 12.7. The monoisotopic (exact) mass is 477 g/mol. The molecule has 5 rings (SSSR count). The Kier molecular flexibility index (Phi) is 6.23. The van der Waals surface area contributed by atoms with Gasteiger partial charge in [0.1, 0.15) is 6.61 Å². The van der Waals surface area contributed by atoms with Crippen molar-refractivity contribution < 1.29 is 23.9 Å². The number of amides is 1. The van der Waals surface area contributed by atoms with Gasteiger partial charge in [0.25, 0.3) is 0 Å². The molecule has 0 radical (unpaired) electrons. The van der Waals surface area contributed by atoms with Crippen molar-refractivity contribution in [2.75, 3.05) is 0 Å². The molecule has 2 aromatic rings. The van der Waals surface area contributed by atoms with Crippen LogP contribution in [0.2, 0.25) is 0 Å². The minimum absolute atomic E-state index is 0.00769.